The van der Waals surface area contributed by atoms with Gasteiger partial charge in [0, 0.05) is 10.9 Å². The first-order chi connectivity index (χ1) is 9.97. The molecule has 0 bridgehead atoms. The van der Waals surface area contributed by atoms with Gasteiger partial charge in [-0.05, 0) is 12.1 Å². The predicted octanol–water partition coefficient (Wildman–Crippen LogP) is 3.61. The van der Waals surface area contributed by atoms with Crippen molar-refractivity contribution in [1.82, 2.24) is 9.97 Å². The monoisotopic (exact) mass is 290 g/mol. The van der Waals surface area contributed by atoms with Crippen LogP contribution in [0.15, 0.2) is 53.3 Å². The predicted molar refractivity (Wildman–Crippen MR) is 72.8 cm³/mol. The second kappa shape index (κ2) is 4.73. The van der Waals surface area contributed by atoms with Crippen LogP contribution in [-0.4, -0.2) is 9.97 Å². The number of para-hydroxylation sites is 1. The summed E-state index contributed by atoms with van der Waals surface area (Å²) >= 11 is 0. The average molecular weight is 290 g/mol. The van der Waals surface area contributed by atoms with Gasteiger partial charge in [0.05, 0.1) is 16.8 Å². The van der Waals surface area contributed by atoms with Crippen LogP contribution < -0.4 is 5.69 Å². The third-order valence-electron chi connectivity index (χ3n) is 3.12. The highest BCUT2D eigenvalue weighted by molar-refractivity contribution is 5.92. The number of fused-ring (bicyclic) bond motifs is 1. The minimum atomic E-state index is -4.51. The third kappa shape index (κ3) is 2.40. The molecule has 0 aliphatic carbocycles. The Bertz CT molecular complexity index is 868. The molecule has 3 aromatic rings. The maximum Gasteiger partial charge on any atom is 0.417 e. The number of aromatic nitrogens is 2. The SMILES string of the molecule is O=c1nc(-c2ccccc2C(F)(F)F)c2ccccc2[nH]1. The lowest BCUT2D eigenvalue weighted by molar-refractivity contribution is -0.137. The molecule has 6 heteroatoms. The minimum absolute atomic E-state index is 0.0299. The molecular formula is C15H9F3N2O. The second-order valence-corrected chi connectivity index (χ2v) is 4.48. The van der Waals surface area contributed by atoms with Gasteiger partial charge in [0.25, 0.3) is 0 Å². The molecule has 0 saturated heterocycles. The van der Waals surface area contributed by atoms with E-state index < -0.39 is 17.4 Å². The Balaban J connectivity index is 2.39. The zero-order valence-electron chi connectivity index (χ0n) is 10.6. The molecule has 0 atom stereocenters. The van der Waals surface area contributed by atoms with E-state index in [4.69, 9.17) is 0 Å². The Labute approximate surface area is 117 Å². The maximum atomic E-state index is 13.1. The molecule has 0 fully saturated rings. The largest absolute Gasteiger partial charge is 0.417 e. The molecule has 2 aromatic carbocycles. The number of nitrogens with one attached hydrogen (secondary N) is 1. The number of halogens is 3. The molecule has 3 nitrogen and oxygen atoms in total. The Morgan fingerprint density at radius 2 is 1.62 bits per heavy atom. The summed E-state index contributed by atoms with van der Waals surface area (Å²) in [5.74, 6) is 0. The molecule has 1 heterocycles. The van der Waals surface area contributed by atoms with Crippen LogP contribution in [0.1, 0.15) is 5.56 Å². The van der Waals surface area contributed by atoms with Gasteiger partial charge in [-0.2, -0.15) is 18.2 Å². The summed E-state index contributed by atoms with van der Waals surface area (Å²) < 4.78 is 39.4. The van der Waals surface area contributed by atoms with Crippen molar-refractivity contribution in [3.63, 3.8) is 0 Å². The van der Waals surface area contributed by atoms with Gasteiger partial charge < -0.3 is 4.98 Å². The molecule has 0 radical (unpaired) electrons. The summed E-state index contributed by atoms with van der Waals surface area (Å²) in [5, 5.41) is 0.466. The highest BCUT2D eigenvalue weighted by atomic mass is 19.4. The minimum Gasteiger partial charge on any atom is -0.305 e. The van der Waals surface area contributed by atoms with Crippen molar-refractivity contribution in [2.24, 2.45) is 0 Å². The van der Waals surface area contributed by atoms with Crippen molar-refractivity contribution in [2.75, 3.05) is 0 Å². The highest BCUT2D eigenvalue weighted by Crippen LogP contribution is 2.37. The first kappa shape index (κ1) is 13.4. The van der Waals surface area contributed by atoms with Crippen molar-refractivity contribution in [2.45, 2.75) is 6.18 Å². The Kier molecular flexibility index (Phi) is 3.01. The van der Waals surface area contributed by atoms with Gasteiger partial charge in [-0.3, -0.25) is 0 Å². The van der Waals surface area contributed by atoms with E-state index in [1.54, 1.807) is 24.3 Å². The van der Waals surface area contributed by atoms with Gasteiger partial charge in [-0.1, -0.05) is 36.4 Å². The molecule has 0 unspecified atom stereocenters. The molecule has 0 spiro atoms. The number of hydrogen-bond donors (Lipinski definition) is 1. The molecule has 0 amide bonds. The number of alkyl halides is 3. The zero-order valence-corrected chi connectivity index (χ0v) is 10.6. The van der Waals surface area contributed by atoms with Crippen LogP contribution in [0, 0.1) is 0 Å². The number of nitrogens with zero attached hydrogens (tertiary/aromatic N) is 1. The van der Waals surface area contributed by atoms with Crippen LogP contribution >= 0.6 is 0 Å². The molecule has 1 N–H and O–H groups in total. The summed E-state index contributed by atoms with van der Waals surface area (Å²) in [6, 6.07) is 11.7. The lowest BCUT2D eigenvalue weighted by Crippen LogP contribution is -2.13. The van der Waals surface area contributed by atoms with Gasteiger partial charge in [-0.25, -0.2) is 4.79 Å². The summed E-state index contributed by atoms with van der Waals surface area (Å²) in [6.45, 7) is 0. The first-order valence-corrected chi connectivity index (χ1v) is 6.12. The van der Waals surface area contributed by atoms with Gasteiger partial charge in [-0.15, -0.1) is 0 Å². The van der Waals surface area contributed by atoms with Crippen LogP contribution in [-0.2, 0) is 6.18 Å². The number of H-pyrrole nitrogens is 1. The molecule has 21 heavy (non-hydrogen) atoms. The van der Waals surface area contributed by atoms with Crippen molar-refractivity contribution < 1.29 is 13.2 Å². The van der Waals surface area contributed by atoms with Crippen LogP contribution in [0.2, 0.25) is 0 Å². The average Bonchev–Trinajstić information content (AvgIpc) is 2.45. The normalized spacial score (nSPS) is 11.8. The van der Waals surface area contributed by atoms with E-state index in [-0.39, 0.29) is 11.3 Å². The number of hydrogen-bond acceptors (Lipinski definition) is 2. The quantitative estimate of drug-likeness (QED) is 0.744. The molecule has 0 aliphatic rings. The number of rotatable bonds is 1. The lowest BCUT2D eigenvalue weighted by Gasteiger charge is -2.13. The fourth-order valence-electron chi connectivity index (χ4n) is 2.25. The summed E-state index contributed by atoms with van der Waals surface area (Å²) in [7, 11) is 0. The van der Waals surface area contributed by atoms with E-state index in [0.717, 1.165) is 6.07 Å². The highest BCUT2D eigenvalue weighted by Gasteiger charge is 2.34. The van der Waals surface area contributed by atoms with E-state index in [1.807, 2.05) is 0 Å². The van der Waals surface area contributed by atoms with Gasteiger partial charge in [0.15, 0.2) is 0 Å². The second-order valence-electron chi connectivity index (χ2n) is 4.48. The van der Waals surface area contributed by atoms with Gasteiger partial charge >= 0.3 is 11.9 Å². The van der Waals surface area contributed by atoms with Gasteiger partial charge in [0.1, 0.15) is 0 Å². The van der Waals surface area contributed by atoms with Crippen molar-refractivity contribution in [3.8, 4) is 11.3 Å². The van der Waals surface area contributed by atoms with Crippen molar-refractivity contribution in [3.05, 3.63) is 64.6 Å². The van der Waals surface area contributed by atoms with Crippen LogP contribution in [0.4, 0.5) is 13.2 Å². The zero-order chi connectivity index (χ0) is 15.0. The number of benzene rings is 2. The van der Waals surface area contributed by atoms with Crippen LogP contribution in [0.5, 0.6) is 0 Å². The molecule has 106 valence electrons. The Hall–Kier alpha value is -2.63. The first-order valence-electron chi connectivity index (χ1n) is 6.12. The lowest BCUT2D eigenvalue weighted by atomic mass is 10.0. The van der Waals surface area contributed by atoms with Crippen LogP contribution in [0.25, 0.3) is 22.2 Å². The standard InChI is InChI=1S/C15H9F3N2O/c16-15(17,18)11-7-3-1-5-9(11)13-10-6-2-4-8-12(10)19-14(21)20-13/h1-8H,(H,19,20,21). The van der Waals surface area contributed by atoms with Gasteiger partial charge in [0.2, 0.25) is 0 Å². The third-order valence-corrected chi connectivity index (χ3v) is 3.12. The fourth-order valence-corrected chi connectivity index (χ4v) is 2.25. The van der Waals surface area contributed by atoms with Crippen molar-refractivity contribution >= 4 is 10.9 Å². The summed E-state index contributed by atoms with van der Waals surface area (Å²) in [6.07, 6.45) is -4.51. The molecule has 1 aromatic heterocycles. The smallest absolute Gasteiger partial charge is 0.305 e. The molecule has 3 rings (SSSR count). The summed E-state index contributed by atoms with van der Waals surface area (Å²) in [5.41, 5.74) is -1.12. The van der Waals surface area contributed by atoms with Crippen LogP contribution in [0.3, 0.4) is 0 Å². The van der Waals surface area contributed by atoms with Crippen molar-refractivity contribution in [1.29, 1.82) is 0 Å². The molecular weight excluding hydrogens is 281 g/mol. The Morgan fingerprint density at radius 3 is 2.38 bits per heavy atom. The fraction of sp³-hybridized carbons (Fsp3) is 0.0667. The van der Waals surface area contributed by atoms with E-state index in [1.165, 1.54) is 18.2 Å². The topological polar surface area (TPSA) is 45.8 Å². The van der Waals surface area contributed by atoms with E-state index in [0.29, 0.717) is 10.9 Å². The van der Waals surface area contributed by atoms with E-state index in [2.05, 4.69) is 9.97 Å². The molecule has 0 saturated carbocycles. The van der Waals surface area contributed by atoms with E-state index in [9.17, 15) is 18.0 Å². The maximum absolute atomic E-state index is 13.1. The van der Waals surface area contributed by atoms with E-state index >= 15 is 0 Å². The number of aromatic amines is 1. The Morgan fingerprint density at radius 1 is 0.952 bits per heavy atom. The molecule has 0 aliphatic heterocycles. The summed E-state index contributed by atoms with van der Waals surface area (Å²) in [4.78, 5) is 17.8.